The fraction of sp³-hybridized carbons (Fsp3) is 0.200. The smallest absolute Gasteiger partial charge is 0.146 e. The molecule has 2 aromatic carbocycles. The van der Waals surface area contributed by atoms with Crippen molar-refractivity contribution >= 4 is 5.69 Å². The van der Waals surface area contributed by atoms with Crippen LogP contribution >= 0.6 is 0 Å². The van der Waals surface area contributed by atoms with Gasteiger partial charge in [0.1, 0.15) is 23.3 Å². The van der Waals surface area contributed by atoms with E-state index in [-0.39, 0.29) is 23.4 Å². The molecule has 0 bridgehead atoms. The van der Waals surface area contributed by atoms with Crippen molar-refractivity contribution < 1.29 is 22.7 Å². The van der Waals surface area contributed by atoms with Gasteiger partial charge in [-0.1, -0.05) is 6.07 Å². The zero-order chi connectivity index (χ0) is 15.6. The van der Waals surface area contributed by atoms with Crippen LogP contribution < -0.4 is 5.32 Å². The normalized spacial score (nSPS) is 12.3. The Morgan fingerprint density at radius 2 is 1.71 bits per heavy atom. The van der Waals surface area contributed by atoms with E-state index in [2.05, 4.69) is 5.32 Å². The summed E-state index contributed by atoms with van der Waals surface area (Å²) in [5.74, 6) is -2.94. The van der Waals surface area contributed by atoms with Gasteiger partial charge in [0.05, 0.1) is 11.8 Å². The summed E-state index contributed by atoms with van der Waals surface area (Å²) < 4.78 is 53.2. The Labute approximate surface area is 119 Å². The third-order valence-electron chi connectivity index (χ3n) is 3.06. The van der Waals surface area contributed by atoms with Crippen LogP contribution in [0.15, 0.2) is 30.3 Å². The Hall–Kier alpha value is -2.08. The lowest BCUT2D eigenvalue weighted by molar-refractivity contribution is 0.186. The van der Waals surface area contributed by atoms with Gasteiger partial charge in [0.25, 0.3) is 0 Å². The maximum absolute atomic E-state index is 13.6. The predicted molar refractivity (Wildman–Crippen MR) is 70.9 cm³/mol. The van der Waals surface area contributed by atoms with Crippen LogP contribution in [0.4, 0.5) is 23.2 Å². The van der Waals surface area contributed by atoms with E-state index in [4.69, 9.17) is 0 Å². The first-order valence-corrected chi connectivity index (χ1v) is 6.21. The van der Waals surface area contributed by atoms with E-state index in [1.165, 1.54) is 6.92 Å². The molecule has 0 aliphatic carbocycles. The molecule has 2 rings (SSSR count). The minimum Gasteiger partial charge on any atom is -0.386 e. The summed E-state index contributed by atoms with van der Waals surface area (Å²) in [5, 5.41) is 12.3. The molecule has 0 fully saturated rings. The molecule has 0 aromatic heterocycles. The van der Waals surface area contributed by atoms with Gasteiger partial charge < -0.3 is 10.4 Å². The molecule has 6 heteroatoms. The molecule has 0 amide bonds. The first kappa shape index (κ1) is 15.3. The highest BCUT2D eigenvalue weighted by molar-refractivity contribution is 5.47. The van der Waals surface area contributed by atoms with E-state index in [1.54, 1.807) is 0 Å². The zero-order valence-electron chi connectivity index (χ0n) is 11.1. The second-order valence-electron chi connectivity index (χ2n) is 4.64. The molecule has 0 spiro atoms. The van der Waals surface area contributed by atoms with Gasteiger partial charge in [0.15, 0.2) is 0 Å². The number of halogens is 4. The minimum absolute atomic E-state index is 0.128. The molecule has 0 saturated carbocycles. The lowest BCUT2D eigenvalue weighted by Crippen LogP contribution is -2.14. The van der Waals surface area contributed by atoms with Crippen LogP contribution in [0.2, 0.25) is 0 Å². The van der Waals surface area contributed by atoms with E-state index in [1.807, 2.05) is 0 Å². The summed E-state index contributed by atoms with van der Waals surface area (Å²) in [7, 11) is 0. The molecular weight excluding hydrogens is 286 g/mol. The van der Waals surface area contributed by atoms with Crippen molar-refractivity contribution in [3.05, 3.63) is 64.7 Å². The summed E-state index contributed by atoms with van der Waals surface area (Å²) >= 11 is 0. The number of hydrogen-bond donors (Lipinski definition) is 2. The molecule has 1 unspecified atom stereocenters. The van der Waals surface area contributed by atoms with Crippen LogP contribution in [0.5, 0.6) is 0 Å². The maximum Gasteiger partial charge on any atom is 0.146 e. The number of nitrogens with one attached hydrogen (secondary N) is 1. The summed E-state index contributed by atoms with van der Waals surface area (Å²) in [5.41, 5.74) is -0.111. The van der Waals surface area contributed by atoms with Crippen LogP contribution in [0, 0.1) is 30.2 Å². The Bertz CT molecular complexity index is 660. The van der Waals surface area contributed by atoms with Crippen LogP contribution in [-0.2, 0) is 0 Å². The van der Waals surface area contributed by atoms with Crippen LogP contribution in [0.3, 0.4) is 0 Å². The van der Waals surface area contributed by atoms with Crippen molar-refractivity contribution in [1.29, 1.82) is 0 Å². The number of benzene rings is 2. The van der Waals surface area contributed by atoms with Crippen LogP contribution in [-0.4, -0.2) is 11.7 Å². The Morgan fingerprint density at radius 3 is 2.38 bits per heavy atom. The van der Waals surface area contributed by atoms with E-state index < -0.39 is 29.4 Å². The highest BCUT2D eigenvalue weighted by Crippen LogP contribution is 2.22. The molecule has 2 N–H and O–H groups in total. The molecular formula is C15H13F4NO. The van der Waals surface area contributed by atoms with Crippen LogP contribution in [0.25, 0.3) is 0 Å². The fourth-order valence-electron chi connectivity index (χ4n) is 1.87. The molecule has 0 saturated heterocycles. The van der Waals surface area contributed by atoms with Crippen molar-refractivity contribution in [2.24, 2.45) is 0 Å². The first-order valence-electron chi connectivity index (χ1n) is 6.21. The van der Waals surface area contributed by atoms with Gasteiger partial charge in [-0.15, -0.1) is 0 Å². The number of aliphatic hydroxyl groups is 1. The Morgan fingerprint density at radius 1 is 1.00 bits per heavy atom. The molecule has 0 heterocycles. The molecule has 2 aromatic rings. The van der Waals surface area contributed by atoms with Gasteiger partial charge in [-0.2, -0.15) is 0 Å². The average Bonchev–Trinajstić information content (AvgIpc) is 2.41. The number of anilines is 1. The van der Waals surface area contributed by atoms with Crippen molar-refractivity contribution in [3.8, 4) is 0 Å². The SMILES string of the molecule is Cc1cc(F)c(NCC(O)c2ccc(F)cc2F)cc1F. The number of aryl methyl sites for hydroxylation is 1. The molecule has 21 heavy (non-hydrogen) atoms. The molecule has 0 aliphatic heterocycles. The van der Waals surface area contributed by atoms with Crippen LogP contribution in [0.1, 0.15) is 17.2 Å². The number of hydrogen-bond acceptors (Lipinski definition) is 2. The molecule has 2 nitrogen and oxygen atoms in total. The van der Waals surface area contributed by atoms with Gasteiger partial charge in [0, 0.05) is 24.2 Å². The highest BCUT2D eigenvalue weighted by atomic mass is 19.1. The number of aliphatic hydroxyl groups excluding tert-OH is 1. The van der Waals surface area contributed by atoms with E-state index >= 15 is 0 Å². The monoisotopic (exact) mass is 299 g/mol. The third kappa shape index (κ3) is 3.52. The van der Waals surface area contributed by atoms with Crippen molar-refractivity contribution in [3.63, 3.8) is 0 Å². The Balaban J connectivity index is 2.11. The second kappa shape index (κ2) is 6.13. The van der Waals surface area contributed by atoms with Gasteiger partial charge in [0.2, 0.25) is 0 Å². The predicted octanol–water partition coefficient (Wildman–Crippen LogP) is 3.70. The van der Waals surface area contributed by atoms with E-state index in [0.29, 0.717) is 6.07 Å². The molecule has 112 valence electrons. The topological polar surface area (TPSA) is 32.3 Å². The molecule has 0 aliphatic rings. The molecule has 1 atom stereocenters. The van der Waals surface area contributed by atoms with Gasteiger partial charge in [-0.3, -0.25) is 0 Å². The third-order valence-corrected chi connectivity index (χ3v) is 3.06. The largest absolute Gasteiger partial charge is 0.386 e. The van der Waals surface area contributed by atoms with Gasteiger partial charge in [-0.25, -0.2) is 17.6 Å². The van der Waals surface area contributed by atoms with E-state index in [0.717, 1.165) is 24.3 Å². The van der Waals surface area contributed by atoms with Crippen molar-refractivity contribution in [2.45, 2.75) is 13.0 Å². The quantitative estimate of drug-likeness (QED) is 0.844. The lowest BCUT2D eigenvalue weighted by Gasteiger charge is -2.15. The average molecular weight is 299 g/mol. The highest BCUT2D eigenvalue weighted by Gasteiger charge is 2.15. The maximum atomic E-state index is 13.6. The summed E-state index contributed by atoms with van der Waals surface area (Å²) in [4.78, 5) is 0. The second-order valence-corrected chi connectivity index (χ2v) is 4.64. The molecule has 0 radical (unpaired) electrons. The van der Waals surface area contributed by atoms with E-state index in [9.17, 15) is 22.7 Å². The number of rotatable bonds is 4. The van der Waals surface area contributed by atoms with Gasteiger partial charge in [-0.05, 0) is 24.6 Å². The standard InChI is InChI=1S/C15H13F4NO/c1-8-4-13(19)14(6-11(8)17)20-7-15(21)10-3-2-9(16)5-12(10)18/h2-6,15,20-21H,7H2,1H3. The van der Waals surface area contributed by atoms with Gasteiger partial charge >= 0.3 is 0 Å². The summed E-state index contributed by atoms with van der Waals surface area (Å²) in [6.45, 7) is 1.17. The summed E-state index contributed by atoms with van der Waals surface area (Å²) in [6, 6.07) is 4.72. The lowest BCUT2D eigenvalue weighted by atomic mass is 10.1. The van der Waals surface area contributed by atoms with Crippen molar-refractivity contribution in [2.75, 3.05) is 11.9 Å². The zero-order valence-corrected chi connectivity index (χ0v) is 11.1. The fourth-order valence-corrected chi connectivity index (χ4v) is 1.87. The summed E-state index contributed by atoms with van der Waals surface area (Å²) in [6.07, 6.45) is -1.32. The Kier molecular flexibility index (Phi) is 4.47. The first-order chi connectivity index (χ1) is 9.88. The minimum atomic E-state index is -1.32. The van der Waals surface area contributed by atoms with Crippen molar-refractivity contribution in [1.82, 2.24) is 0 Å².